The number of carbonyl (C=O) groups excluding carboxylic acids is 1. The van der Waals surface area contributed by atoms with E-state index in [9.17, 15) is 4.79 Å². The van der Waals surface area contributed by atoms with Crippen LogP contribution in [0.3, 0.4) is 0 Å². The van der Waals surface area contributed by atoms with E-state index in [2.05, 4.69) is 56.0 Å². The Hall–Kier alpha value is -0.460. The van der Waals surface area contributed by atoms with Crippen molar-refractivity contribution in [3.05, 3.63) is 0 Å². The van der Waals surface area contributed by atoms with Gasteiger partial charge in [-0.05, 0) is 74.2 Å². The van der Waals surface area contributed by atoms with Crippen molar-refractivity contribution < 1.29 is 23.7 Å². The Balaban J connectivity index is -0.0000000501. The molecule has 0 atom stereocenters. The third-order valence-electron chi connectivity index (χ3n) is 2.66. The van der Waals surface area contributed by atoms with Crippen molar-refractivity contribution in [2.24, 2.45) is 0 Å². The number of likely N-dealkylation sites (N-methyl/N-ethyl adjacent to an activating group) is 1. The smallest absolute Gasteiger partial charge is 0.302 e. The Bertz CT molecular complexity index is 251. The van der Waals surface area contributed by atoms with Crippen LogP contribution in [0.2, 0.25) is 0 Å². The standard InChI is InChI=1S/C5H11NO.C4H11N.C3H9N.C3H6O2.C3H8O.C2H7N.C2H6O.C2H6S/c1-6-2-4-7-5-3-6;1-3-4-5-2;1-3-4-2;1-3(4)5-2;1-3-4-2;3*1-3-2/h2-5H2,1H3;5H,3-4H2,1-2H3;4H,3H2,1-2H3;1-2H3;3H2,1-2H3;3H,1-2H3;2*1-2H3. The number of nitrogens with zero attached hydrogens (tertiary/aromatic N) is 1. The van der Waals surface area contributed by atoms with Crippen LogP contribution in [0.25, 0.3) is 0 Å². The summed E-state index contributed by atoms with van der Waals surface area (Å²) in [6.45, 7) is 14.6. The highest BCUT2D eigenvalue weighted by Gasteiger charge is 2.02. The Morgan fingerprint density at radius 1 is 0.941 bits per heavy atom. The van der Waals surface area contributed by atoms with E-state index in [1.807, 2.05) is 47.6 Å². The highest BCUT2D eigenvalue weighted by Crippen LogP contribution is 1.89. The normalized spacial score (nSPS) is 10.8. The fraction of sp³-hybridized carbons (Fsp3) is 0.958. The molecule has 1 rings (SSSR count). The van der Waals surface area contributed by atoms with Gasteiger partial charge in [0.25, 0.3) is 0 Å². The molecule has 0 aromatic heterocycles. The van der Waals surface area contributed by atoms with E-state index in [-0.39, 0.29) is 5.97 Å². The molecular weight excluding hydrogens is 456 g/mol. The van der Waals surface area contributed by atoms with Gasteiger partial charge in [-0.1, -0.05) is 13.8 Å². The molecule has 34 heavy (non-hydrogen) atoms. The molecule has 0 saturated carbocycles. The van der Waals surface area contributed by atoms with E-state index in [4.69, 9.17) is 4.74 Å². The molecule has 9 nitrogen and oxygen atoms in total. The molecule has 0 amide bonds. The Labute approximate surface area is 218 Å². The molecule has 1 aliphatic rings. The quantitative estimate of drug-likeness (QED) is 0.480. The monoisotopic (exact) mass is 520 g/mol. The largest absolute Gasteiger partial charge is 0.469 e. The second-order valence-corrected chi connectivity index (χ2v) is 7.13. The molecule has 216 valence electrons. The van der Waals surface area contributed by atoms with Gasteiger partial charge < -0.3 is 39.8 Å². The molecule has 1 saturated heterocycles. The topological polar surface area (TPSA) is 93.3 Å². The fourth-order valence-electron chi connectivity index (χ4n) is 0.905. The van der Waals surface area contributed by atoms with Crippen LogP contribution in [0.1, 0.15) is 34.1 Å². The predicted molar refractivity (Wildman–Crippen MR) is 155 cm³/mol. The van der Waals surface area contributed by atoms with Crippen LogP contribution in [0.4, 0.5) is 0 Å². The van der Waals surface area contributed by atoms with E-state index in [0.29, 0.717) is 0 Å². The van der Waals surface area contributed by atoms with Crippen molar-refractivity contribution in [1.29, 1.82) is 0 Å². The molecule has 1 heterocycles. The van der Waals surface area contributed by atoms with Crippen molar-refractivity contribution >= 4 is 17.7 Å². The average Bonchev–Trinajstić information content (AvgIpc) is 2.83. The number of hydrogen-bond acceptors (Lipinski definition) is 10. The SMILES string of the molecule is CCCNC.CCNC.CCOC.CN1CCOCC1.CNC.COC.COC(C)=O.CSC. The highest BCUT2D eigenvalue weighted by molar-refractivity contribution is 7.97. The van der Waals surface area contributed by atoms with E-state index >= 15 is 0 Å². The Morgan fingerprint density at radius 3 is 1.29 bits per heavy atom. The minimum atomic E-state index is -0.245. The van der Waals surface area contributed by atoms with Crippen LogP contribution in [0, 0.1) is 0 Å². The van der Waals surface area contributed by atoms with Crippen LogP contribution in [0.15, 0.2) is 0 Å². The second-order valence-electron chi connectivity index (χ2n) is 6.32. The number of esters is 1. The average molecular weight is 521 g/mol. The lowest BCUT2D eigenvalue weighted by molar-refractivity contribution is -0.137. The van der Waals surface area contributed by atoms with Crippen LogP contribution in [-0.4, -0.2) is 133 Å². The minimum absolute atomic E-state index is 0.245. The van der Waals surface area contributed by atoms with E-state index in [1.54, 1.807) is 33.1 Å². The molecule has 1 fully saturated rings. The number of nitrogens with one attached hydrogen (secondary N) is 3. The molecule has 0 spiro atoms. The number of rotatable bonds is 4. The summed E-state index contributed by atoms with van der Waals surface area (Å²) in [4.78, 5) is 11.9. The molecule has 0 unspecified atom stereocenters. The zero-order chi connectivity index (χ0) is 28.5. The molecule has 3 N–H and O–H groups in total. The van der Waals surface area contributed by atoms with Gasteiger partial charge in [-0.25, -0.2) is 0 Å². The maximum absolute atomic E-state index is 9.59. The minimum Gasteiger partial charge on any atom is -0.469 e. The first kappa shape index (κ1) is 50.4. The zero-order valence-electron chi connectivity index (χ0n) is 25.6. The maximum atomic E-state index is 9.59. The molecule has 0 aromatic carbocycles. The summed E-state index contributed by atoms with van der Waals surface area (Å²) < 4.78 is 18.0. The fourth-order valence-corrected chi connectivity index (χ4v) is 0.905. The molecular formula is C24H64N4O5S. The summed E-state index contributed by atoms with van der Waals surface area (Å²) in [5, 5.41) is 8.70. The maximum Gasteiger partial charge on any atom is 0.302 e. The van der Waals surface area contributed by atoms with Gasteiger partial charge >= 0.3 is 5.97 Å². The third-order valence-corrected chi connectivity index (χ3v) is 2.66. The molecule has 0 aromatic rings. The van der Waals surface area contributed by atoms with Crippen molar-refractivity contribution in [2.75, 3.05) is 122 Å². The summed E-state index contributed by atoms with van der Waals surface area (Å²) in [6, 6.07) is 0. The molecule has 10 heteroatoms. The van der Waals surface area contributed by atoms with Crippen LogP contribution < -0.4 is 16.0 Å². The number of hydrogen-bond donors (Lipinski definition) is 3. The van der Waals surface area contributed by atoms with E-state index in [0.717, 1.165) is 46.0 Å². The van der Waals surface area contributed by atoms with E-state index in [1.165, 1.54) is 20.5 Å². The number of methoxy groups -OCH3 is 3. The molecule has 0 aliphatic carbocycles. The van der Waals surface area contributed by atoms with Crippen LogP contribution in [-0.2, 0) is 23.7 Å². The van der Waals surface area contributed by atoms with Crippen molar-refractivity contribution in [3.8, 4) is 0 Å². The zero-order valence-corrected chi connectivity index (χ0v) is 26.4. The van der Waals surface area contributed by atoms with Crippen LogP contribution >= 0.6 is 11.8 Å². The van der Waals surface area contributed by atoms with Gasteiger partial charge in [0.15, 0.2) is 0 Å². The summed E-state index contributed by atoms with van der Waals surface area (Å²) in [5.41, 5.74) is 0. The molecule has 0 bridgehead atoms. The Kier molecular flexibility index (Phi) is 103. The summed E-state index contributed by atoms with van der Waals surface area (Å²) in [6.07, 6.45) is 5.32. The van der Waals surface area contributed by atoms with Gasteiger partial charge in [-0.15, -0.1) is 0 Å². The van der Waals surface area contributed by atoms with Crippen molar-refractivity contribution in [1.82, 2.24) is 20.9 Å². The van der Waals surface area contributed by atoms with Crippen molar-refractivity contribution in [3.63, 3.8) is 0 Å². The first-order valence-electron chi connectivity index (χ1n) is 11.6. The first-order valence-corrected chi connectivity index (χ1v) is 13.3. The molecule has 1 aliphatic heterocycles. The van der Waals surface area contributed by atoms with Gasteiger partial charge in [0.1, 0.15) is 0 Å². The van der Waals surface area contributed by atoms with Gasteiger partial charge in [0.05, 0.1) is 20.3 Å². The third kappa shape index (κ3) is 160. The lowest BCUT2D eigenvalue weighted by Crippen LogP contribution is -2.32. The Morgan fingerprint density at radius 2 is 1.24 bits per heavy atom. The van der Waals surface area contributed by atoms with Gasteiger partial charge in [0, 0.05) is 47.9 Å². The van der Waals surface area contributed by atoms with Crippen LogP contribution in [0.5, 0.6) is 0 Å². The number of ether oxygens (including phenoxy) is 4. The number of morpholine rings is 1. The van der Waals surface area contributed by atoms with Gasteiger partial charge in [-0.3, -0.25) is 4.79 Å². The molecule has 0 radical (unpaired) electrons. The van der Waals surface area contributed by atoms with E-state index < -0.39 is 0 Å². The predicted octanol–water partition coefficient (Wildman–Crippen LogP) is 2.70. The summed E-state index contributed by atoms with van der Waals surface area (Å²) in [7, 11) is 16.0. The lowest BCUT2D eigenvalue weighted by atomic mass is 10.5. The second kappa shape index (κ2) is 69.8. The highest BCUT2D eigenvalue weighted by atomic mass is 32.2. The summed E-state index contributed by atoms with van der Waals surface area (Å²) >= 11 is 1.75. The van der Waals surface area contributed by atoms with Gasteiger partial charge in [-0.2, -0.15) is 11.8 Å². The van der Waals surface area contributed by atoms with Gasteiger partial charge in [0.2, 0.25) is 0 Å². The number of thioether (sulfide) groups is 1. The first-order chi connectivity index (χ1) is 16.1. The number of carbonyl (C=O) groups is 1. The van der Waals surface area contributed by atoms with Crippen molar-refractivity contribution in [2.45, 2.75) is 34.1 Å². The summed E-state index contributed by atoms with van der Waals surface area (Å²) in [5.74, 6) is -0.245. The lowest BCUT2D eigenvalue weighted by Gasteiger charge is -2.21.